The summed E-state index contributed by atoms with van der Waals surface area (Å²) in [7, 11) is 5.12. The SMILES string of the molecule is COC(=O)c1c(NC(=O)CN(C)Cc2cnn(C)c2C)sc(C)c1-c1ccccc1. The number of nitrogens with one attached hydrogen (secondary N) is 1. The number of nitrogens with zero attached hydrogens (tertiary/aromatic N) is 3. The number of hydrogen-bond acceptors (Lipinski definition) is 6. The predicted molar refractivity (Wildman–Crippen MR) is 119 cm³/mol. The van der Waals surface area contributed by atoms with Gasteiger partial charge in [0.15, 0.2) is 0 Å². The average Bonchev–Trinajstić information content (AvgIpc) is 3.21. The first-order chi connectivity index (χ1) is 14.3. The summed E-state index contributed by atoms with van der Waals surface area (Å²) in [5, 5.41) is 7.66. The second kappa shape index (κ2) is 9.23. The third-order valence-corrected chi connectivity index (χ3v) is 6.00. The number of thiophene rings is 1. The van der Waals surface area contributed by atoms with Crippen molar-refractivity contribution in [1.29, 1.82) is 0 Å². The second-order valence-corrected chi connectivity index (χ2v) is 8.42. The van der Waals surface area contributed by atoms with Crippen molar-refractivity contribution in [3.05, 3.63) is 58.2 Å². The number of amides is 1. The van der Waals surface area contributed by atoms with Crippen molar-refractivity contribution in [3.8, 4) is 11.1 Å². The topological polar surface area (TPSA) is 76.5 Å². The molecule has 3 rings (SSSR count). The maximum Gasteiger partial charge on any atom is 0.341 e. The third kappa shape index (κ3) is 4.60. The largest absolute Gasteiger partial charge is 0.465 e. The lowest BCUT2D eigenvalue weighted by Crippen LogP contribution is -2.30. The van der Waals surface area contributed by atoms with E-state index in [0.717, 1.165) is 27.3 Å². The molecule has 2 aromatic heterocycles. The van der Waals surface area contributed by atoms with Gasteiger partial charge in [0.05, 0.1) is 19.9 Å². The standard InChI is InChI=1S/C22H26N4O3S/c1-14-17(11-23-26(14)4)12-25(3)13-18(27)24-21-20(22(28)29-5)19(15(2)30-21)16-9-7-6-8-10-16/h6-11H,12-13H2,1-5H3,(H,24,27). The molecule has 7 nitrogen and oxygen atoms in total. The van der Waals surface area contributed by atoms with Crippen LogP contribution in [0.2, 0.25) is 0 Å². The monoisotopic (exact) mass is 426 g/mol. The first-order valence-electron chi connectivity index (χ1n) is 9.54. The lowest BCUT2D eigenvalue weighted by Gasteiger charge is -2.16. The number of rotatable bonds is 7. The van der Waals surface area contributed by atoms with Gasteiger partial charge in [-0.15, -0.1) is 11.3 Å². The van der Waals surface area contributed by atoms with E-state index in [2.05, 4.69) is 10.4 Å². The van der Waals surface area contributed by atoms with Gasteiger partial charge in [0.2, 0.25) is 5.91 Å². The van der Waals surface area contributed by atoms with Gasteiger partial charge in [-0.25, -0.2) is 4.79 Å². The fourth-order valence-electron chi connectivity index (χ4n) is 3.34. The van der Waals surface area contributed by atoms with Crippen LogP contribution in [-0.2, 0) is 23.1 Å². The number of methoxy groups -OCH3 is 1. The molecule has 158 valence electrons. The van der Waals surface area contributed by atoms with E-state index in [1.807, 2.05) is 74.1 Å². The predicted octanol–water partition coefficient (Wildman–Crippen LogP) is 3.62. The summed E-state index contributed by atoms with van der Waals surface area (Å²) >= 11 is 1.38. The molecule has 1 amide bonds. The highest BCUT2D eigenvalue weighted by Crippen LogP contribution is 2.40. The van der Waals surface area contributed by atoms with Gasteiger partial charge in [-0.3, -0.25) is 14.4 Å². The average molecular weight is 427 g/mol. The van der Waals surface area contributed by atoms with E-state index in [4.69, 9.17) is 4.74 Å². The minimum atomic E-state index is -0.465. The highest BCUT2D eigenvalue weighted by atomic mass is 32.1. The normalized spacial score (nSPS) is 11.0. The number of aryl methyl sites for hydroxylation is 2. The van der Waals surface area contributed by atoms with Crippen molar-refractivity contribution in [2.24, 2.45) is 7.05 Å². The summed E-state index contributed by atoms with van der Waals surface area (Å²) in [4.78, 5) is 28.1. The molecule has 0 unspecified atom stereocenters. The van der Waals surface area contributed by atoms with E-state index in [9.17, 15) is 9.59 Å². The molecule has 0 spiro atoms. The summed E-state index contributed by atoms with van der Waals surface area (Å²) in [5.41, 5.74) is 4.24. The van der Waals surface area contributed by atoms with Crippen molar-refractivity contribution < 1.29 is 14.3 Å². The van der Waals surface area contributed by atoms with Crippen LogP contribution in [0.5, 0.6) is 0 Å². The number of carbonyl (C=O) groups is 2. The zero-order valence-corrected chi connectivity index (χ0v) is 18.7. The van der Waals surface area contributed by atoms with Crippen LogP contribution in [0.4, 0.5) is 5.00 Å². The molecular formula is C22H26N4O3S. The molecule has 30 heavy (non-hydrogen) atoms. The van der Waals surface area contributed by atoms with Crippen LogP contribution in [0.25, 0.3) is 11.1 Å². The fraction of sp³-hybridized carbons (Fsp3) is 0.318. The highest BCUT2D eigenvalue weighted by molar-refractivity contribution is 7.17. The minimum Gasteiger partial charge on any atom is -0.465 e. The van der Waals surface area contributed by atoms with Gasteiger partial charge in [-0.2, -0.15) is 5.10 Å². The Labute approximate surface area is 180 Å². The number of anilines is 1. The van der Waals surface area contributed by atoms with E-state index in [1.54, 1.807) is 0 Å². The van der Waals surface area contributed by atoms with Gasteiger partial charge in [0.1, 0.15) is 10.6 Å². The quantitative estimate of drug-likeness (QED) is 0.584. The van der Waals surface area contributed by atoms with Gasteiger partial charge >= 0.3 is 5.97 Å². The summed E-state index contributed by atoms with van der Waals surface area (Å²) in [6, 6.07) is 9.64. The Bertz CT molecular complexity index is 1060. The molecule has 0 saturated carbocycles. The Morgan fingerprint density at radius 2 is 1.93 bits per heavy atom. The Hall–Kier alpha value is -2.97. The molecule has 0 radical (unpaired) electrons. The molecule has 1 aromatic carbocycles. The molecule has 8 heteroatoms. The highest BCUT2D eigenvalue weighted by Gasteiger charge is 2.25. The van der Waals surface area contributed by atoms with Crippen LogP contribution in [0.1, 0.15) is 26.5 Å². The molecular weight excluding hydrogens is 400 g/mol. The number of esters is 1. The molecule has 0 bridgehead atoms. The van der Waals surface area contributed by atoms with Crippen molar-refractivity contribution in [3.63, 3.8) is 0 Å². The van der Waals surface area contributed by atoms with Crippen molar-refractivity contribution in [1.82, 2.24) is 14.7 Å². The maximum absolute atomic E-state index is 12.7. The lowest BCUT2D eigenvalue weighted by molar-refractivity contribution is -0.117. The van der Waals surface area contributed by atoms with Crippen LogP contribution >= 0.6 is 11.3 Å². The van der Waals surface area contributed by atoms with E-state index < -0.39 is 5.97 Å². The molecule has 1 N–H and O–H groups in total. The van der Waals surface area contributed by atoms with E-state index >= 15 is 0 Å². The number of benzene rings is 1. The fourth-order valence-corrected chi connectivity index (χ4v) is 4.42. The van der Waals surface area contributed by atoms with Crippen LogP contribution in [0.15, 0.2) is 36.5 Å². The molecule has 0 fully saturated rings. The summed E-state index contributed by atoms with van der Waals surface area (Å²) < 4.78 is 6.82. The first-order valence-corrected chi connectivity index (χ1v) is 10.4. The zero-order valence-electron chi connectivity index (χ0n) is 17.9. The van der Waals surface area contributed by atoms with Gasteiger partial charge in [0, 0.05) is 35.3 Å². The first kappa shape index (κ1) is 21.7. The number of hydrogen-bond donors (Lipinski definition) is 1. The third-order valence-electron chi connectivity index (χ3n) is 4.98. The molecule has 0 atom stereocenters. The Kier molecular flexibility index (Phi) is 6.69. The zero-order chi connectivity index (χ0) is 21.8. The van der Waals surface area contributed by atoms with Gasteiger partial charge in [-0.1, -0.05) is 30.3 Å². The number of aromatic nitrogens is 2. The summed E-state index contributed by atoms with van der Waals surface area (Å²) in [6.45, 7) is 4.73. The molecule has 0 saturated heterocycles. The van der Waals surface area contributed by atoms with Crippen molar-refractivity contribution in [2.75, 3.05) is 26.0 Å². The smallest absolute Gasteiger partial charge is 0.341 e. The van der Waals surface area contributed by atoms with Crippen LogP contribution < -0.4 is 5.32 Å². The molecule has 3 aromatic rings. The lowest BCUT2D eigenvalue weighted by atomic mass is 10.0. The summed E-state index contributed by atoms with van der Waals surface area (Å²) in [6.07, 6.45) is 1.81. The molecule has 0 aliphatic carbocycles. The van der Waals surface area contributed by atoms with Crippen LogP contribution in [0.3, 0.4) is 0 Å². The Morgan fingerprint density at radius 3 is 2.53 bits per heavy atom. The Morgan fingerprint density at radius 1 is 1.23 bits per heavy atom. The van der Waals surface area contributed by atoms with Crippen LogP contribution in [0, 0.1) is 13.8 Å². The maximum atomic E-state index is 12.7. The van der Waals surface area contributed by atoms with Gasteiger partial charge < -0.3 is 10.1 Å². The Balaban J connectivity index is 1.79. The number of ether oxygens (including phenoxy) is 1. The van der Waals surface area contributed by atoms with Gasteiger partial charge in [-0.05, 0) is 26.5 Å². The minimum absolute atomic E-state index is 0.187. The van der Waals surface area contributed by atoms with Gasteiger partial charge in [0.25, 0.3) is 0 Å². The molecule has 0 aliphatic rings. The van der Waals surface area contributed by atoms with E-state index in [1.165, 1.54) is 18.4 Å². The van der Waals surface area contributed by atoms with E-state index in [-0.39, 0.29) is 12.5 Å². The number of likely N-dealkylation sites (N-methyl/N-ethyl adjacent to an activating group) is 1. The van der Waals surface area contributed by atoms with Crippen LogP contribution in [-0.4, -0.2) is 47.3 Å². The number of carbonyl (C=O) groups excluding carboxylic acids is 2. The summed E-state index contributed by atoms with van der Waals surface area (Å²) in [5.74, 6) is -0.655. The van der Waals surface area contributed by atoms with Crippen molar-refractivity contribution in [2.45, 2.75) is 20.4 Å². The second-order valence-electron chi connectivity index (χ2n) is 7.19. The van der Waals surface area contributed by atoms with E-state index in [0.29, 0.717) is 17.1 Å². The molecule has 2 heterocycles. The van der Waals surface area contributed by atoms with Crippen molar-refractivity contribution >= 4 is 28.2 Å². The molecule has 0 aliphatic heterocycles.